The van der Waals surface area contributed by atoms with Crippen molar-refractivity contribution in [2.75, 3.05) is 33.4 Å². The van der Waals surface area contributed by atoms with Gasteiger partial charge >= 0.3 is 13.6 Å². The molecule has 230 valence electrons. The van der Waals surface area contributed by atoms with E-state index in [1.165, 1.54) is 18.2 Å². The molecule has 0 aromatic heterocycles. The number of benzene rings is 2. The van der Waals surface area contributed by atoms with E-state index in [9.17, 15) is 19.5 Å². The molecule has 1 N–H and O–H groups in total. The summed E-state index contributed by atoms with van der Waals surface area (Å²) in [6.07, 6.45) is 6.91. The van der Waals surface area contributed by atoms with Crippen LogP contribution in [0.25, 0.3) is 0 Å². The maximum atomic E-state index is 14.6. The number of esters is 1. The summed E-state index contributed by atoms with van der Waals surface area (Å²) < 4.78 is 32.1. The summed E-state index contributed by atoms with van der Waals surface area (Å²) in [5.74, 6) is -1.62. The fraction of sp³-hybridized carbons (Fsp3) is 0.344. The van der Waals surface area contributed by atoms with Crippen LogP contribution in [0.4, 0.5) is 5.69 Å². The number of carbonyl (C=O) groups is 1. The first-order chi connectivity index (χ1) is 20.6. The number of rotatable bonds is 15. The summed E-state index contributed by atoms with van der Waals surface area (Å²) >= 11 is 0. The first-order valence-electron chi connectivity index (χ1n) is 14.1. The summed E-state index contributed by atoms with van der Waals surface area (Å²) in [5, 5.41) is 15.1. The van der Waals surface area contributed by atoms with E-state index < -0.39 is 24.4 Å². The zero-order chi connectivity index (χ0) is 31.4. The lowest BCUT2D eigenvalue weighted by Gasteiger charge is -2.34. The Bertz CT molecular complexity index is 1430. The van der Waals surface area contributed by atoms with Crippen LogP contribution in [-0.2, 0) is 29.7 Å². The van der Waals surface area contributed by atoms with Crippen molar-refractivity contribution in [3.05, 3.63) is 122 Å². The molecule has 1 aliphatic heterocycles. The molecule has 0 radical (unpaired) electrons. The van der Waals surface area contributed by atoms with Crippen LogP contribution < -0.4 is 5.32 Å². The van der Waals surface area contributed by atoms with E-state index in [1.807, 2.05) is 56.1 Å². The predicted molar refractivity (Wildman–Crippen MR) is 167 cm³/mol. The number of carbonyl (C=O) groups excluding carboxylic acids is 1. The minimum atomic E-state index is -4.06. The van der Waals surface area contributed by atoms with E-state index in [0.717, 1.165) is 5.56 Å². The number of nitro benzene ring substituents is 1. The Kier molecular flexibility index (Phi) is 12.6. The molecule has 11 heteroatoms. The maximum absolute atomic E-state index is 14.6. The summed E-state index contributed by atoms with van der Waals surface area (Å²) in [4.78, 5) is 27.0. The molecule has 0 spiro atoms. The lowest BCUT2D eigenvalue weighted by Crippen LogP contribution is -2.31. The van der Waals surface area contributed by atoms with Crippen molar-refractivity contribution in [2.24, 2.45) is 0 Å². The zero-order valence-corrected chi connectivity index (χ0v) is 26.2. The first kappa shape index (κ1) is 33.7. The highest BCUT2D eigenvalue weighted by atomic mass is 31.2. The molecule has 10 nitrogen and oxygen atoms in total. The second-order valence-corrected chi connectivity index (χ2v) is 12.0. The van der Waals surface area contributed by atoms with Crippen molar-refractivity contribution in [2.45, 2.75) is 40.2 Å². The smallest absolute Gasteiger partial charge is 0.360 e. The van der Waals surface area contributed by atoms with Gasteiger partial charge < -0.3 is 19.1 Å². The Labute approximate surface area is 253 Å². The van der Waals surface area contributed by atoms with E-state index in [4.69, 9.17) is 13.8 Å². The summed E-state index contributed by atoms with van der Waals surface area (Å²) in [7, 11) is -2.13. The lowest BCUT2D eigenvalue weighted by molar-refractivity contribution is -0.384. The molecule has 1 unspecified atom stereocenters. The van der Waals surface area contributed by atoms with E-state index in [0.29, 0.717) is 30.0 Å². The normalized spacial score (nSPS) is 15.9. The van der Waals surface area contributed by atoms with Crippen LogP contribution in [0.3, 0.4) is 0 Å². The Morgan fingerprint density at radius 3 is 2.28 bits per heavy atom. The molecule has 0 amide bonds. The first-order valence-corrected chi connectivity index (χ1v) is 15.6. The molecular formula is C32H40N3O7P. The van der Waals surface area contributed by atoms with Crippen LogP contribution in [0.5, 0.6) is 0 Å². The van der Waals surface area contributed by atoms with Crippen molar-refractivity contribution in [3.63, 3.8) is 0 Å². The van der Waals surface area contributed by atoms with Crippen LogP contribution in [0.2, 0.25) is 0 Å². The van der Waals surface area contributed by atoms with Gasteiger partial charge in [0.25, 0.3) is 5.69 Å². The van der Waals surface area contributed by atoms with Gasteiger partial charge in [0, 0.05) is 36.6 Å². The third-order valence-corrected chi connectivity index (χ3v) is 8.97. The standard InChI is InChI=1S/C32H40N3O7P/c1-6-8-19-41-43(39,42-20-9-7-2)31-25(4)33-24(3)29(30(31)27-16-13-17-28(22-27)35(37)38)32(36)40-21-18-34(5)23-26-14-11-10-12-15-26/h6-17,22,30,33H,18-21,23H2,1-5H3/b8-6+,9-7+. The van der Waals surface area contributed by atoms with Crippen LogP contribution in [-0.4, -0.2) is 49.2 Å². The number of allylic oxidation sites excluding steroid dienone is 5. The van der Waals surface area contributed by atoms with Crippen molar-refractivity contribution < 1.29 is 28.1 Å². The number of hydrogen-bond acceptors (Lipinski definition) is 9. The van der Waals surface area contributed by atoms with Crippen molar-refractivity contribution in [1.82, 2.24) is 10.2 Å². The van der Waals surface area contributed by atoms with Crippen molar-refractivity contribution in [3.8, 4) is 0 Å². The fourth-order valence-corrected chi connectivity index (χ4v) is 6.73. The van der Waals surface area contributed by atoms with Gasteiger partial charge in [0.2, 0.25) is 0 Å². The lowest BCUT2D eigenvalue weighted by atomic mass is 9.86. The number of hydrogen-bond donors (Lipinski definition) is 1. The highest BCUT2D eigenvalue weighted by Gasteiger charge is 2.45. The fourth-order valence-electron chi connectivity index (χ4n) is 4.76. The van der Waals surface area contributed by atoms with Crippen LogP contribution in [0.15, 0.2) is 101 Å². The van der Waals surface area contributed by atoms with Crippen LogP contribution in [0, 0.1) is 10.1 Å². The number of ether oxygens (including phenoxy) is 1. The molecule has 0 saturated heterocycles. The number of dihydropyridines is 1. The third-order valence-electron chi connectivity index (χ3n) is 6.81. The van der Waals surface area contributed by atoms with Crippen molar-refractivity contribution >= 4 is 19.3 Å². The van der Waals surface area contributed by atoms with Gasteiger partial charge in [-0.1, -0.05) is 66.8 Å². The predicted octanol–water partition coefficient (Wildman–Crippen LogP) is 6.84. The topological polar surface area (TPSA) is 120 Å². The molecule has 1 aliphatic rings. The molecule has 2 aromatic carbocycles. The molecule has 1 atom stereocenters. The van der Waals surface area contributed by atoms with Gasteiger partial charge in [-0.3, -0.25) is 19.6 Å². The van der Waals surface area contributed by atoms with E-state index in [-0.39, 0.29) is 36.4 Å². The van der Waals surface area contributed by atoms with E-state index in [2.05, 4.69) is 5.32 Å². The number of non-ortho nitro benzene ring substituents is 1. The van der Waals surface area contributed by atoms with Crippen LogP contribution >= 0.6 is 7.60 Å². The largest absolute Gasteiger partial charge is 0.461 e. The third kappa shape index (κ3) is 9.08. The molecule has 0 bridgehead atoms. The van der Waals surface area contributed by atoms with Gasteiger partial charge in [-0.2, -0.15) is 0 Å². The second-order valence-electron chi connectivity index (χ2n) is 10.0. The SMILES string of the molecule is C/C=C/COP(=O)(OC/C=C/C)C1=C(C)NC(C)=C(C(=O)OCCN(C)Cc2ccccc2)C1c1cccc([N+](=O)[O-])c1. The Morgan fingerprint density at radius 2 is 1.67 bits per heavy atom. The number of nitrogens with one attached hydrogen (secondary N) is 1. The minimum absolute atomic E-state index is 0.00171. The van der Waals surface area contributed by atoms with Crippen LogP contribution in [0.1, 0.15) is 44.7 Å². The molecule has 43 heavy (non-hydrogen) atoms. The van der Waals surface area contributed by atoms with Gasteiger partial charge in [-0.25, -0.2) is 4.79 Å². The van der Waals surface area contributed by atoms with Gasteiger partial charge in [0.05, 0.1) is 34.9 Å². The number of nitro groups is 1. The average Bonchev–Trinajstić information content (AvgIpc) is 2.97. The molecule has 3 rings (SSSR count). The van der Waals surface area contributed by atoms with Gasteiger partial charge in [-0.05, 0) is 45.9 Å². The molecule has 0 fully saturated rings. The molecule has 0 aliphatic carbocycles. The molecular weight excluding hydrogens is 569 g/mol. The van der Waals surface area contributed by atoms with Gasteiger partial charge in [-0.15, -0.1) is 0 Å². The monoisotopic (exact) mass is 609 g/mol. The van der Waals surface area contributed by atoms with Crippen molar-refractivity contribution in [1.29, 1.82) is 0 Å². The second kappa shape index (κ2) is 16.1. The highest BCUT2D eigenvalue weighted by Crippen LogP contribution is 2.64. The number of nitrogens with zero attached hydrogens (tertiary/aromatic N) is 2. The molecule has 0 saturated carbocycles. The highest BCUT2D eigenvalue weighted by molar-refractivity contribution is 7.58. The zero-order valence-electron chi connectivity index (χ0n) is 25.3. The summed E-state index contributed by atoms with van der Waals surface area (Å²) in [6, 6.07) is 15.9. The molecule has 1 heterocycles. The summed E-state index contributed by atoms with van der Waals surface area (Å²) in [5.41, 5.74) is 2.49. The van der Waals surface area contributed by atoms with E-state index >= 15 is 0 Å². The quantitative estimate of drug-likeness (QED) is 0.0761. The Balaban J connectivity index is 2.00. The average molecular weight is 610 g/mol. The Hall–Kier alpha value is -3.82. The van der Waals surface area contributed by atoms with Gasteiger partial charge in [0.1, 0.15) is 6.61 Å². The summed E-state index contributed by atoms with van der Waals surface area (Å²) in [6.45, 7) is 8.31. The minimum Gasteiger partial charge on any atom is -0.461 e. The maximum Gasteiger partial charge on any atom is 0.360 e. The molecule has 2 aromatic rings. The number of likely N-dealkylation sites (N-methyl/N-ethyl adjacent to an activating group) is 1. The van der Waals surface area contributed by atoms with E-state index in [1.54, 1.807) is 44.2 Å². The Morgan fingerprint density at radius 1 is 1.02 bits per heavy atom. The van der Waals surface area contributed by atoms with Gasteiger partial charge in [0.15, 0.2) is 0 Å².